The summed E-state index contributed by atoms with van der Waals surface area (Å²) < 4.78 is 5.77. The number of aryl methyl sites for hydroxylation is 1. The number of amides is 1. The number of benzene rings is 1. The van der Waals surface area contributed by atoms with Crippen LogP contribution < -0.4 is 10.1 Å². The van der Waals surface area contributed by atoms with Gasteiger partial charge in [-0.3, -0.25) is 4.79 Å². The van der Waals surface area contributed by atoms with Crippen LogP contribution in [0.5, 0.6) is 5.75 Å². The van der Waals surface area contributed by atoms with E-state index in [9.17, 15) is 4.79 Å². The SMILES string of the molecule is Cc1ccccc1OCc1csc(C(=O)NC(C)C)c1. The van der Waals surface area contributed by atoms with Gasteiger partial charge in [0.2, 0.25) is 0 Å². The van der Waals surface area contributed by atoms with Crippen molar-refractivity contribution in [1.82, 2.24) is 5.32 Å². The fourth-order valence-electron chi connectivity index (χ4n) is 1.78. The number of carbonyl (C=O) groups is 1. The van der Waals surface area contributed by atoms with Gasteiger partial charge < -0.3 is 10.1 Å². The first kappa shape index (κ1) is 14.6. The first-order valence-electron chi connectivity index (χ1n) is 6.63. The summed E-state index contributed by atoms with van der Waals surface area (Å²) in [6.07, 6.45) is 0. The second-order valence-corrected chi connectivity index (χ2v) is 5.91. The van der Waals surface area contributed by atoms with Gasteiger partial charge in [0, 0.05) is 11.6 Å². The van der Waals surface area contributed by atoms with Crippen molar-refractivity contribution in [3.05, 3.63) is 51.7 Å². The van der Waals surface area contributed by atoms with Gasteiger partial charge in [0.1, 0.15) is 12.4 Å². The third kappa shape index (κ3) is 3.84. The lowest BCUT2D eigenvalue weighted by Crippen LogP contribution is -2.29. The third-order valence-electron chi connectivity index (χ3n) is 2.79. The van der Waals surface area contributed by atoms with Gasteiger partial charge in [0.25, 0.3) is 5.91 Å². The van der Waals surface area contributed by atoms with Crippen molar-refractivity contribution in [3.63, 3.8) is 0 Å². The Hall–Kier alpha value is -1.81. The second kappa shape index (κ2) is 6.57. The average molecular weight is 289 g/mol. The van der Waals surface area contributed by atoms with Crippen molar-refractivity contribution in [2.75, 3.05) is 0 Å². The first-order chi connectivity index (χ1) is 9.56. The van der Waals surface area contributed by atoms with Gasteiger partial charge in [-0.1, -0.05) is 18.2 Å². The summed E-state index contributed by atoms with van der Waals surface area (Å²) in [7, 11) is 0. The topological polar surface area (TPSA) is 38.3 Å². The lowest BCUT2D eigenvalue weighted by molar-refractivity contribution is 0.0947. The highest BCUT2D eigenvalue weighted by Gasteiger charge is 2.10. The van der Waals surface area contributed by atoms with E-state index in [1.807, 2.05) is 56.5 Å². The van der Waals surface area contributed by atoms with E-state index in [0.29, 0.717) is 6.61 Å². The molecule has 0 fully saturated rings. The number of nitrogens with one attached hydrogen (secondary N) is 1. The number of ether oxygens (including phenoxy) is 1. The first-order valence-corrected chi connectivity index (χ1v) is 7.51. The minimum Gasteiger partial charge on any atom is -0.489 e. The number of hydrogen-bond donors (Lipinski definition) is 1. The Balaban J connectivity index is 1.96. The molecule has 2 aromatic rings. The third-order valence-corrected chi connectivity index (χ3v) is 3.76. The van der Waals surface area contributed by atoms with Gasteiger partial charge in [-0.15, -0.1) is 11.3 Å². The van der Waals surface area contributed by atoms with E-state index >= 15 is 0 Å². The zero-order valence-corrected chi connectivity index (χ0v) is 12.8. The average Bonchev–Trinajstić information content (AvgIpc) is 2.86. The number of thiophene rings is 1. The molecule has 1 aromatic heterocycles. The van der Waals surface area contributed by atoms with E-state index in [-0.39, 0.29) is 11.9 Å². The summed E-state index contributed by atoms with van der Waals surface area (Å²) in [5, 5.41) is 4.85. The highest BCUT2D eigenvalue weighted by atomic mass is 32.1. The monoisotopic (exact) mass is 289 g/mol. The largest absolute Gasteiger partial charge is 0.489 e. The van der Waals surface area contributed by atoms with E-state index in [0.717, 1.165) is 21.8 Å². The molecule has 0 saturated carbocycles. The molecule has 4 heteroatoms. The van der Waals surface area contributed by atoms with Crippen molar-refractivity contribution in [2.24, 2.45) is 0 Å². The Morgan fingerprint density at radius 2 is 2.10 bits per heavy atom. The molecule has 1 amide bonds. The molecule has 1 aromatic carbocycles. The maximum Gasteiger partial charge on any atom is 0.261 e. The van der Waals surface area contributed by atoms with Gasteiger partial charge in [-0.05, 0) is 43.8 Å². The smallest absolute Gasteiger partial charge is 0.261 e. The normalized spacial score (nSPS) is 10.6. The number of rotatable bonds is 5. The van der Waals surface area contributed by atoms with Gasteiger partial charge in [0.15, 0.2) is 0 Å². The van der Waals surface area contributed by atoms with Crippen LogP contribution in [0.3, 0.4) is 0 Å². The number of carbonyl (C=O) groups excluding carboxylic acids is 1. The van der Waals surface area contributed by atoms with Crippen LogP contribution in [-0.2, 0) is 6.61 Å². The molecule has 1 heterocycles. The second-order valence-electron chi connectivity index (χ2n) is 5.00. The molecule has 2 rings (SSSR count). The van der Waals surface area contributed by atoms with Crippen molar-refractivity contribution in [1.29, 1.82) is 0 Å². The van der Waals surface area contributed by atoms with E-state index in [1.54, 1.807) is 0 Å². The van der Waals surface area contributed by atoms with Gasteiger partial charge >= 0.3 is 0 Å². The van der Waals surface area contributed by atoms with Crippen LogP contribution >= 0.6 is 11.3 Å². The number of para-hydroxylation sites is 1. The van der Waals surface area contributed by atoms with Crippen molar-refractivity contribution in [3.8, 4) is 5.75 Å². The molecule has 1 N–H and O–H groups in total. The summed E-state index contributed by atoms with van der Waals surface area (Å²) in [5.74, 6) is 0.860. The molecule has 0 radical (unpaired) electrons. The molecule has 0 spiro atoms. The Morgan fingerprint density at radius 3 is 2.80 bits per heavy atom. The fraction of sp³-hybridized carbons (Fsp3) is 0.312. The summed E-state index contributed by atoms with van der Waals surface area (Å²) >= 11 is 1.45. The molecule has 3 nitrogen and oxygen atoms in total. The van der Waals surface area contributed by atoms with Crippen LogP contribution in [0.4, 0.5) is 0 Å². The standard InChI is InChI=1S/C16H19NO2S/c1-11(2)17-16(18)15-8-13(10-20-15)9-19-14-7-5-4-6-12(14)3/h4-8,10-11H,9H2,1-3H3,(H,17,18). The highest BCUT2D eigenvalue weighted by molar-refractivity contribution is 7.12. The summed E-state index contributed by atoms with van der Waals surface area (Å²) in [4.78, 5) is 12.6. The van der Waals surface area contributed by atoms with Crippen molar-refractivity contribution < 1.29 is 9.53 Å². The highest BCUT2D eigenvalue weighted by Crippen LogP contribution is 2.20. The molecule has 0 atom stereocenters. The van der Waals surface area contributed by atoms with E-state index < -0.39 is 0 Å². The van der Waals surface area contributed by atoms with E-state index in [4.69, 9.17) is 4.74 Å². The lowest BCUT2D eigenvalue weighted by Gasteiger charge is -2.07. The van der Waals surface area contributed by atoms with Crippen LogP contribution in [0, 0.1) is 6.92 Å². The van der Waals surface area contributed by atoms with Crippen molar-refractivity contribution in [2.45, 2.75) is 33.4 Å². The molecule has 0 unspecified atom stereocenters. The quantitative estimate of drug-likeness (QED) is 0.910. The molecule has 20 heavy (non-hydrogen) atoms. The Morgan fingerprint density at radius 1 is 1.35 bits per heavy atom. The fourth-order valence-corrected chi connectivity index (χ4v) is 2.58. The van der Waals surface area contributed by atoms with E-state index in [2.05, 4.69) is 5.32 Å². The van der Waals surface area contributed by atoms with Crippen LogP contribution in [0.25, 0.3) is 0 Å². The maximum atomic E-state index is 11.9. The lowest BCUT2D eigenvalue weighted by atomic mass is 10.2. The Labute approximate surface area is 123 Å². The van der Waals surface area contributed by atoms with Crippen LogP contribution in [0.2, 0.25) is 0 Å². The number of hydrogen-bond acceptors (Lipinski definition) is 3. The minimum absolute atomic E-state index is 0.0212. The molecular weight excluding hydrogens is 270 g/mol. The Bertz CT molecular complexity index is 590. The molecule has 0 aliphatic heterocycles. The van der Waals surface area contributed by atoms with Crippen LogP contribution in [0.1, 0.15) is 34.6 Å². The van der Waals surface area contributed by atoms with Gasteiger partial charge in [-0.2, -0.15) is 0 Å². The zero-order valence-electron chi connectivity index (χ0n) is 12.0. The maximum absolute atomic E-state index is 11.9. The van der Waals surface area contributed by atoms with Gasteiger partial charge in [0.05, 0.1) is 4.88 Å². The summed E-state index contributed by atoms with van der Waals surface area (Å²) in [6, 6.07) is 9.95. The molecule has 0 saturated heterocycles. The van der Waals surface area contributed by atoms with E-state index in [1.165, 1.54) is 11.3 Å². The molecular formula is C16H19NO2S. The van der Waals surface area contributed by atoms with Crippen molar-refractivity contribution >= 4 is 17.2 Å². The van der Waals surface area contributed by atoms with Crippen LogP contribution in [0.15, 0.2) is 35.7 Å². The molecule has 0 bridgehead atoms. The molecule has 0 aliphatic carbocycles. The predicted molar refractivity (Wildman–Crippen MR) is 82.4 cm³/mol. The summed E-state index contributed by atoms with van der Waals surface area (Å²) in [5.41, 5.74) is 2.13. The zero-order chi connectivity index (χ0) is 14.5. The van der Waals surface area contributed by atoms with Crippen LogP contribution in [-0.4, -0.2) is 11.9 Å². The van der Waals surface area contributed by atoms with Gasteiger partial charge in [-0.25, -0.2) is 0 Å². The minimum atomic E-state index is -0.0212. The Kier molecular flexibility index (Phi) is 4.79. The molecule has 0 aliphatic rings. The summed E-state index contributed by atoms with van der Waals surface area (Å²) in [6.45, 7) is 6.40. The molecule has 106 valence electrons. The predicted octanol–water partition coefficient (Wildman–Crippen LogP) is 3.77.